The Labute approximate surface area is 426 Å². The fourth-order valence-electron chi connectivity index (χ4n) is 12.6. The minimum atomic E-state index is -3.08. The van der Waals surface area contributed by atoms with Gasteiger partial charge in [0.1, 0.15) is 19.1 Å². The number of hydrogen-bond acceptors (Lipinski definition) is 17. The molecule has 3 aromatic carbocycles. The molecule has 26 heteroatoms. The van der Waals surface area contributed by atoms with E-state index in [-0.39, 0.29) is 65.0 Å². The van der Waals surface area contributed by atoms with E-state index in [1.807, 2.05) is 0 Å². The molecule has 5 saturated heterocycles. The molecule has 0 spiro atoms. The first kappa shape index (κ1) is 48.4. The van der Waals surface area contributed by atoms with Crippen molar-refractivity contribution in [3.8, 4) is 17.2 Å². The Balaban J connectivity index is 1.20. The molecule has 0 aliphatic carbocycles. The number of urea groups is 4. The van der Waals surface area contributed by atoms with Gasteiger partial charge in [-0.3, -0.25) is 48.8 Å². The summed E-state index contributed by atoms with van der Waals surface area (Å²) in [6.45, 7) is -0.720. The highest BCUT2D eigenvalue weighted by Gasteiger charge is 2.93. The van der Waals surface area contributed by atoms with Crippen molar-refractivity contribution in [1.29, 1.82) is 0 Å². The largest absolute Gasteiger partial charge is 0.496 e. The van der Waals surface area contributed by atoms with Gasteiger partial charge in [0, 0.05) is 11.1 Å². The lowest BCUT2D eigenvalue weighted by Crippen LogP contribution is -2.81. The number of carbonyl (C=O) groups excluding carboxylic acids is 10. The lowest BCUT2D eigenvalue weighted by atomic mass is 9.88. The van der Waals surface area contributed by atoms with Gasteiger partial charge in [0.05, 0.1) is 90.8 Å². The van der Waals surface area contributed by atoms with Crippen molar-refractivity contribution in [2.75, 3.05) is 66.0 Å². The fraction of sp³-hybridized carbons (Fsp3) is 0.429. The summed E-state index contributed by atoms with van der Waals surface area (Å²) in [5, 5.41) is 0. The maximum absolute atomic E-state index is 16.2. The number of benzene rings is 3. The monoisotopic (exact) mass is 1040 g/mol. The molecular formula is C49H49N9O17. The number of rotatable bonds is 12. The summed E-state index contributed by atoms with van der Waals surface area (Å²) < 4.78 is 40.2. The summed E-state index contributed by atoms with van der Waals surface area (Å²) in [6.07, 6.45) is 0. The van der Waals surface area contributed by atoms with Crippen LogP contribution in [0.25, 0.3) is 0 Å². The number of hydrogen-bond donors (Lipinski definition) is 0. The SMILES string of the molecule is CCOC(=O)[C@@]12N3Cc4cc(OC)c(OC)cc4CN1C(=O)N1CN4C(=O)N5Cc6c(N7C(=O)c8ccccc8C7=O)ccc(OC)c6CN6C(=O)N(CN(C3=O)[C@@]12C(=O)OCC)[C@@]4(C(=O)OCC)[C@@]65C(=O)OCC. The Kier molecular flexibility index (Phi) is 10.7. The van der Waals surface area contributed by atoms with E-state index in [1.165, 1.54) is 85.4 Å². The number of amides is 10. The van der Waals surface area contributed by atoms with Gasteiger partial charge < -0.3 is 33.2 Å². The highest BCUT2D eigenvalue weighted by molar-refractivity contribution is 6.34. The normalized spacial score (nSPS) is 25.5. The van der Waals surface area contributed by atoms with Crippen LogP contribution in [-0.2, 0) is 64.3 Å². The molecule has 75 heavy (non-hydrogen) atoms. The summed E-state index contributed by atoms with van der Waals surface area (Å²) in [6, 6.07) is 7.21. The van der Waals surface area contributed by atoms with Crippen LogP contribution in [0.5, 0.6) is 17.2 Å². The Morgan fingerprint density at radius 2 is 0.773 bits per heavy atom. The van der Waals surface area contributed by atoms with Crippen LogP contribution in [-0.4, -0.2) is 183 Å². The van der Waals surface area contributed by atoms with Gasteiger partial charge in [0.2, 0.25) is 0 Å². The van der Waals surface area contributed by atoms with Crippen LogP contribution in [0, 0.1) is 0 Å². The van der Waals surface area contributed by atoms with Gasteiger partial charge in [-0.15, -0.1) is 0 Å². The summed E-state index contributed by atoms with van der Waals surface area (Å²) in [5.74, 6) is -6.38. The minimum Gasteiger partial charge on any atom is -0.496 e. The number of esters is 4. The Hall–Kier alpha value is -8.84. The average molecular weight is 1040 g/mol. The van der Waals surface area contributed by atoms with E-state index in [4.69, 9.17) is 33.2 Å². The zero-order valence-electron chi connectivity index (χ0n) is 41.7. The van der Waals surface area contributed by atoms with E-state index in [1.54, 1.807) is 12.1 Å². The van der Waals surface area contributed by atoms with E-state index in [0.29, 0.717) is 16.0 Å². The zero-order chi connectivity index (χ0) is 53.4. The molecule has 0 radical (unpaired) electrons. The number of fused-ring (bicyclic) bond motifs is 3. The molecule has 8 heterocycles. The minimum absolute atomic E-state index is 0.0242. The topological polar surface area (TPSA) is 264 Å². The zero-order valence-corrected chi connectivity index (χ0v) is 41.7. The predicted molar refractivity (Wildman–Crippen MR) is 248 cm³/mol. The molecule has 0 aromatic heterocycles. The van der Waals surface area contributed by atoms with Crippen LogP contribution >= 0.6 is 0 Å². The molecule has 0 bridgehead atoms. The van der Waals surface area contributed by atoms with Gasteiger partial charge in [-0.05, 0) is 75.2 Å². The Bertz CT molecular complexity index is 3120. The third kappa shape index (κ3) is 5.41. The molecule has 10 amide bonds. The fourth-order valence-corrected chi connectivity index (χ4v) is 12.6. The van der Waals surface area contributed by atoms with Crippen molar-refractivity contribution in [1.82, 2.24) is 39.2 Å². The summed E-state index contributed by atoms with van der Waals surface area (Å²) in [4.78, 5) is 162. The first-order chi connectivity index (χ1) is 36.0. The van der Waals surface area contributed by atoms with Gasteiger partial charge in [-0.25, -0.2) is 43.3 Å². The highest BCUT2D eigenvalue weighted by Crippen LogP contribution is 2.62. The molecule has 0 saturated carbocycles. The van der Waals surface area contributed by atoms with Gasteiger partial charge in [0.15, 0.2) is 11.5 Å². The van der Waals surface area contributed by atoms with Gasteiger partial charge >= 0.3 is 48.0 Å². The molecule has 4 atom stereocenters. The number of carbonyl (C=O) groups is 10. The van der Waals surface area contributed by atoms with Crippen LogP contribution in [0.1, 0.15) is 70.7 Å². The van der Waals surface area contributed by atoms with Crippen molar-refractivity contribution >= 4 is 65.5 Å². The standard InChI is InChI=1S/C49H49N9O17/c1-8-72-38(61)46-48(40(63)74-10-3)54-24-56-44(67)52-22-30-31(33(69-5)17-16-32(30)58-36(59)28-14-12-13-15-29(28)37(58)60)23-53-45(68)57(49(56,41(64)75-11-4)47(52,53)39(62)73-9-2)25-55(48)43(66)51(46)21-27-19-35(71-7)34(70-6)18-26(27)20-50(46)42(54)65/h12-19H,8-11,20-25H2,1-7H3/t46-,47+,48+,49-/m0/s1. The van der Waals surface area contributed by atoms with E-state index in [9.17, 15) is 9.59 Å². The second-order valence-corrected chi connectivity index (χ2v) is 18.3. The maximum Gasteiger partial charge on any atom is 0.359 e. The molecule has 0 N–H and O–H groups in total. The lowest BCUT2D eigenvalue weighted by molar-refractivity contribution is -0.209. The van der Waals surface area contributed by atoms with Gasteiger partial charge in [-0.2, -0.15) is 0 Å². The number of imide groups is 1. The van der Waals surface area contributed by atoms with Crippen molar-refractivity contribution in [3.63, 3.8) is 0 Å². The average Bonchev–Trinajstić information content (AvgIpc) is 3.81. The first-order valence-electron chi connectivity index (χ1n) is 24.0. The number of ether oxygens (including phenoxy) is 7. The molecule has 0 unspecified atom stereocenters. The van der Waals surface area contributed by atoms with Crippen LogP contribution in [0.15, 0.2) is 48.5 Å². The van der Waals surface area contributed by atoms with Gasteiger partial charge in [-0.1, -0.05) is 12.1 Å². The molecule has 26 nitrogen and oxygen atoms in total. The molecule has 392 valence electrons. The number of nitrogens with zero attached hydrogens (tertiary/aromatic N) is 9. The van der Waals surface area contributed by atoms with Crippen molar-refractivity contribution < 1.29 is 81.1 Å². The lowest BCUT2D eigenvalue weighted by Gasteiger charge is -2.51. The quantitative estimate of drug-likeness (QED) is 0.143. The second kappa shape index (κ2) is 16.6. The number of anilines is 1. The van der Waals surface area contributed by atoms with E-state index in [2.05, 4.69) is 0 Å². The summed E-state index contributed by atoms with van der Waals surface area (Å²) in [7, 11) is 4.07. The van der Waals surface area contributed by atoms with E-state index in [0.717, 1.165) is 39.2 Å². The first-order valence-corrected chi connectivity index (χ1v) is 24.0. The van der Waals surface area contributed by atoms with Crippen LogP contribution < -0.4 is 19.1 Å². The summed E-state index contributed by atoms with van der Waals surface area (Å²) >= 11 is 0. The smallest absolute Gasteiger partial charge is 0.359 e. The van der Waals surface area contributed by atoms with Crippen molar-refractivity contribution in [2.45, 2.75) is 76.5 Å². The second-order valence-electron chi connectivity index (χ2n) is 18.3. The maximum atomic E-state index is 16.2. The Morgan fingerprint density at radius 1 is 0.440 bits per heavy atom. The third-order valence-electron chi connectivity index (χ3n) is 15.4. The number of methoxy groups -OCH3 is 3. The van der Waals surface area contributed by atoms with Crippen molar-refractivity contribution in [3.05, 3.63) is 81.9 Å². The third-order valence-corrected chi connectivity index (χ3v) is 15.4. The predicted octanol–water partition coefficient (Wildman–Crippen LogP) is 2.16. The molecule has 8 aliphatic rings. The molecule has 11 rings (SSSR count). The molecule has 8 aliphatic heterocycles. The Morgan fingerprint density at radius 3 is 1.12 bits per heavy atom. The van der Waals surface area contributed by atoms with E-state index >= 15 is 38.4 Å². The van der Waals surface area contributed by atoms with E-state index < -0.39 is 129 Å². The van der Waals surface area contributed by atoms with Crippen LogP contribution in [0.2, 0.25) is 0 Å². The molecule has 3 aromatic rings. The highest BCUT2D eigenvalue weighted by atomic mass is 16.6. The van der Waals surface area contributed by atoms with Gasteiger partial charge in [0.25, 0.3) is 34.5 Å². The molecule has 5 fully saturated rings. The van der Waals surface area contributed by atoms with Crippen molar-refractivity contribution in [2.24, 2.45) is 0 Å². The molecular weight excluding hydrogens is 987 g/mol. The summed E-state index contributed by atoms with van der Waals surface area (Å²) in [5.41, 5.74) is -11.0. The van der Waals surface area contributed by atoms with Crippen LogP contribution in [0.4, 0.5) is 24.9 Å². The van der Waals surface area contributed by atoms with Crippen LogP contribution in [0.3, 0.4) is 0 Å².